The average molecular weight is 499 g/mol. The molecule has 0 fully saturated rings. The van der Waals surface area contributed by atoms with Gasteiger partial charge >= 0.3 is 0 Å². The zero-order chi connectivity index (χ0) is 29.3. The SMILES string of the molecule is CC.CC.CC.CC(=O)C(C)C(C)=O.CC(=O)c1ccc(C#Cc2ccc(C(C)C)cc2)cc1.CO. The first-order chi connectivity index (χ1) is 17.1. The maximum atomic E-state index is 11.2. The number of benzene rings is 2. The lowest BCUT2D eigenvalue weighted by atomic mass is 10.0. The molecule has 0 aliphatic rings. The number of hydrogen-bond acceptors (Lipinski definition) is 4. The molecule has 202 valence electrons. The second kappa shape index (κ2) is 26.6. The fourth-order valence-electron chi connectivity index (χ4n) is 2.17. The molecule has 2 aromatic rings. The van der Waals surface area contributed by atoms with Gasteiger partial charge in [-0.3, -0.25) is 14.4 Å². The highest BCUT2D eigenvalue weighted by Crippen LogP contribution is 2.14. The van der Waals surface area contributed by atoms with Crippen LogP contribution in [0, 0.1) is 17.8 Å². The Labute approximate surface area is 221 Å². The van der Waals surface area contributed by atoms with Crippen LogP contribution in [0.5, 0.6) is 0 Å². The van der Waals surface area contributed by atoms with Gasteiger partial charge in [0.25, 0.3) is 0 Å². The predicted molar refractivity (Wildman–Crippen MR) is 156 cm³/mol. The van der Waals surface area contributed by atoms with Crippen molar-refractivity contribution in [3.63, 3.8) is 0 Å². The van der Waals surface area contributed by atoms with Crippen molar-refractivity contribution in [2.24, 2.45) is 5.92 Å². The molecular formula is C32H50O4. The Hall–Kier alpha value is -3.03. The lowest BCUT2D eigenvalue weighted by molar-refractivity contribution is -0.129. The van der Waals surface area contributed by atoms with E-state index in [0.717, 1.165) is 23.8 Å². The molecule has 1 N–H and O–H groups in total. The van der Waals surface area contributed by atoms with E-state index < -0.39 is 5.92 Å². The van der Waals surface area contributed by atoms with Gasteiger partial charge in [-0.2, -0.15) is 0 Å². The quantitative estimate of drug-likeness (QED) is 0.264. The van der Waals surface area contributed by atoms with Crippen LogP contribution < -0.4 is 0 Å². The van der Waals surface area contributed by atoms with Crippen molar-refractivity contribution in [2.45, 2.75) is 89.0 Å². The number of hydrogen-bond donors (Lipinski definition) is 1. The molecule has 36 heavy (non-hydrogen) atoms. The van der Waals surface area contributed by atoms with E-state index >= 15 is 0 Å². The lowest BCUT2D eigenvalue weighted by Crippen LogP contribution is -2.14. The maximum absolute atomic E-state index is 11.2. The van der Waals surface area contributed by atoms with E-state index in [-0.39, 0.29) is 17.3 Å². The van der Waals surface area contributed by atoms with Crippen LogP contribution in [0.1, 0.15) is 116 Å². The number of rotatable bonds is 4. The summed E-state index contributed by atoms with van der Waals surface area (Å²) in [5.74, 6) is 6.35. The van der Waals surface area contributed by atoms with E-state index in [1.165, 1.54) is 19.4 Å². The Morgan fingerprint density at radius 2 is 0.917 bits per heavy atom. The molecule has 0 aromatic heterocycles. The molecule has 0 amide bonds. The Morgan fingerprint density at radius 3 is 1.14 bits per heavy atom. The van der Waals surface area contributed by atoms with Gasteiger partial charge < -0.3 is 5.11 Å². The average Bonchev–Trinajstić information content (AvgIpc) is 2.92. The molecule has 0 radical (unpaired) electrons. The van der Waals surface area contributed by atoms with Crippen molar-refractivity contribution in [3.05, 3.63) is 70.8 Å². The van der Waals surface area contributed by atoms with E-state index in [4.69, 9.17) is 5.11 Å². The fourth-order valence-corrected chi connectivity index (χ4v) is 2.17. The van der Waals surface area contributed by atoms with Gasteiger partial charge in [0.15, 0.2) is 5.78 Å². The second-order valence-corrected chi connectivity index (χ2v) is 7.10. The molecule has 0 saturated carbocycles. The molecule has 4 heteroatoms. The maximum Gasteiger partial charge on any atom is 0.159 e. The largest absolute Gasteiger partial charge is 0.400 e. The third-order valence-corrected chi connectivity index (χ3v) is 4.44. The van der Waals surface area contributed by atoms with Crippen LogP contribution >= 0.6 is 0 Å². The summed E-state index contributed by atoms with van der Waals surface area (Å²) < 4.78 is 0. The van der Waals surface area contributed by atoms with Gasteiger partial charge in [-0.25, -0.2) is 0 Å². The highest BCUT2D eigenvalue weighted by molar-refractivity contribution is 5.99. The highest BCUT2D eigenvalue weighted by atomic mass is 16.2. The monoisotopic (exact) mass is 498 g/mol. The molecule has 2 rings (SSSR count). The zero-order valence-corrected chi connectivity index (χ0v) is 24.9. The molecule has 0 atom stereocenters. The van der Waals surface area contributed by atoms with Gasteiger partial charge in [0.1, 0.15) is 11.6 Å². The number of aliphatic hydroxyl groups excluding tert-OH is 1. The molecule has 4 nitrogen and oxygen atoms in total. The van der Waals surface area contributed by atoms with Crippen molar-refractivity contribution in [2.75, 3.05) is 7.11 Å². The molecule has 0 aliphatic carbocycles. The normalized spacial score (nSPS) is 8.33. The van der Waals surface area contributed by atoms with Crippen molar-refractivity contribution in [1.82, 2.24) is 0 Å². The van der Waals surface area contributed by atoms with Crippen LogP contribution in [0.3, 0.4) is 0 Å². The molecule has 0 saturated heterocycles. The number of Topliss-reactive ketones (excluding diaryl/α,β-unsaturated/α-hetero) is 3. The fraction of sp³-hybridized carbons (Fsp3) is 0.469. The summed E-state index contributed by atoms with van der Waals surface area (Å²) in [4.78, 5) is 31.9. The van der Waals surface area contributed by atoms with E-state index in [1.807, 2.05) is 77.9 Å². The van der Waals surface area contributed by atoms with Crippen LogP contribution in [0.25, 0.3) is 0 Å². The third-order valence-electron chi connectivity index (χ3n) is 4.44. The van der Waals surface area contributed by atoms with Crippen LogP contribution in [0.2, 0.25) is 0 Å². The predicted octanol–water partition coefficient (Wildman–Crippen LogP) is 7.90. The van der Waals surface area contributed by atoms with Crippen LogP contribution in [0.4, 0.5) is 0 Å². The molecule has 2 aromatic carbocycles. The Bertz CT molecular complexity index is 866. The van der Waals surface area contributed by atoms with Crippen molar-refractivity contribution >= 4 is 17.3 Å². The van der Waals surface area contributed by atoms with Gasteiger partial charge in [-0.1, -0.05) is 91.5 Å². The second-order valence-electron chi connectivity index (χ2n) is 7.10. The first kappa shape index (κ1) is 40.2. The summed E-state index contributed by atoms with van der Waals surface area (Å²) in [7, 11) is 1.00. The topological polar surface area (TPSA) is 71.4 Å². The molecule has 0 aliphatic heterocycles. The number of carbonyl (C=O) groups is 3. The summed E-state index contributed by atoms with van der Waals surface area (Å²) in [5.41, 5.74) is 3.96. The summed E-state index contributed by atoms with van der Waals surface area (Å²) in [5, 5.41) is 7.00. The Morgan fingerprint density at radius 1 is 0.611 bits per heavy atom. The molecule has 0 spiro atoms. The molecule has 0 heterocycles. The zero-order valence-electron chi connectivity index (χ0n) is 24.9. The van der Waals surface area contributed by atoms with Gasteiger partial charge in [0.2, 0.25) is 0 Å². The van der Waals surface area contributed by atoms with Crippen molar-refractivity contribution in [1.29, 1.82) is 0 Å². The summed E-state index contributed by atoms with van der Waals surface area (Å²) in [6, 6.07) is 15.7. The van der Waals surface area contributed by atoms with Crippen molar-refractivity contribution in [3.8, 4) is 11.8 Å². The standard InChI is InChI=1S/C19H18O.C6H10O2.3C2H6.CH4O/c1-14(2)18-10-6-16(7-11-18)4-5-17-8-12-19(13-9-17)15(3)20;1-4(5(2)7)6(3)8;4*1-2/h6-14H,1-3H3;4H,1-3H3;3*1-2H3;2H,1H3. The van der Waals surface area contributed by atoms with Gasteiger partial charge in [0, 0.05) is 23.8 Å². The first-order valence-corrected chi connectivity index (χ1v) is 12.8. The molecule has 0 unspecified atom stereocenters. The van der Waals surface area contributed by atoms with Gasteiger partial charge in [-0.05, 0) is 63.4 Å². The Balaban J connectivity index is -0.000000269. The first-order valence-electron chi connectivity index (χ1n) is 12.8. The summed E-state index contributed by atoms with van der Waals surface area (Å²) in [6.45, 7) is 22.4. The number of aliphatic hydroxyl groups is 1. The third kappa shape index (κ3) is 19.3. The smallest absolute Gasteiger partial charge is 0.159 e. The van der Waals surface area contributed by atoms with Crippen LogP contribution in [-0.2, 0) is 9.59 Å². The number of carbonyl (C=O) groups excluding carboxylic acids is 3. The van der Waals surface area contributed by atoms with Gasteiger partial charge in [0.05, 0.1) is 5.92 Å². The van der Waals surface area contributed by atoms with E-state index in [9.17, 15) is 14.4 Å². The minimum absolute atomic E-state index is 0.0579. The molecule has 0 bridgehead atoms. The van der Waals surface area contributed by atoms with Gasteiger partial charge in [-0.15, -0.1) is 0 Å². The highest BCUT2D eigenvalue weighted by Gasteiger charge is 2.11. The van der Waals surface area contributed by atoms with E-state index in [2.05, 4.69) is 37.8 Å². The summed E-state index contributed by atoms with van der Waals surface area (Å²) in [6.07, 6.45) is 0. The van der Waals surface area contributed by atoms with E-state index in [1.54, 1.807) is 13.8 Å². The van der Waals surface area contributed by atoms with Crippen LogP contribution in [-0.4, -0.2) is 29.6 Å². The molecular weight excluding hydrogens is 448 g/mol. The lowest BCUT2D eigenvalue weighted by Gasteiger charge is -2.03. The van der Waals surface area contributed by atoms with Crippen LogP contribution in [0.15, 0.2) is 48.5 Å². The number of ketones is 3. The van der Waals surface area contributed by atoms with E-state index in [0.29, 0.717) is 5.92 Å². The van der Waals surface area contributed by atoms with Crippen molar-refractivity contribution < 1.29 is 19.5 Å². The minimum Gasteiger partial charge on any atom is -0.400 e. The summed E-state index contributed by atoms with van der Waals surface area (Å²) >= 11 is 0. The minimum atomic E-state index is -0.407. The Kier molecular flexibility index (Phi) is 29.6.